The number of alkyl halides is 1. The highest BCUT2D eigenvalue weighted by molar-refractivity contribution is 9.09. The summed E-state index contributed by atoms with van der Waals surface area (Å²) >= 11 is 4.45. The zero-order valence-electron chi connectivity index (χ0n) is 5.48. The van der Waals surface area contributed by atoms with Crippen LogP contribution in [0.25, 0.3) is 0 Å². The van der Waals surface area contributed by atoms with Gasteiger partial charge in [0.05, 0.1) is 0 Å². The highest BCUT2D eigenvalue weighted by atomic mass is 79.9. The third-order valence-electron chi connectivity index (χ3n) is 0.781. The minimum absolute atomic E-state index is 0.0296. The van der Waals surface area contributed by atoms with Gasteiger partial charge in [0, 0.05) is 11.4 Å². The van der Waals surface area contributed by atoms with Crippen molar-refractivity contribution in [3.8, 4) is 0 Å². The van der Waals surface area contributed by atoms with Crippen LogP contribution in [0.4, 0.5) is 4.79 Å². The van der Waals surface area contributed by atoms with E-state index in [0.717, 1.165) is 5.33 Å². The molecule has 0 fully saturated rings. The van der Waals surface area contributed by atoms with E-state index in [4.69, 9.17) is 0 Å². The van der Waals surface area contributed by atoms with Crippen molar-refractivity contribution in [1.29, 1.82) is 0 Å². The number of hydrogen-bond donors (Lipinski definition) is 1. The Hall–Kier alpha value is 0.300. The second-order valence-electron chi connectivity index (χ2n) is 1.69. The van der Waals surface area contributed by atoms with Crippen molar-refractivity contribution in [3.05, 3.63) is 0 Å². The lowest BCUT2D eigenvalue weighted by Crippen LogP contribution is -2.30. The van der Waals surface area contributed by atoms with E-state index in [1.807, 2.05) is 6.92 Å². The van der Waals surface area contributed by atoms with Crippen LogP contribution in [0.1, 0.15) is 6.92 Å². The molecule has 0 aliphatic heterocycles. The minimum Gasteiger partial charge on any atom is -0.344 e. The summed E-state index contributed by atoms with van der Waals surface area (Å²) in [7, 11) is 0. The van der Waals surface area contributed by atoms with E-state index in [2.05, 4.69) is 21.2 Å². The van der Waals surface area contributed by atoms with Crippen molar-refractivity contribution < 1.29 is 4.79 Å². The molecule has 0 aliphatic rings. The third kappa shape index (κ3) is 4.78. The fourth-order valence-electron chi connectivity index (χ4n) is 0.299. The summed E-state index contributed by atoms with van der Waals surface area (Å²) in [5.74, 6) is 0. The molecule has 0 aromatic heterocycles. The molecule has 0 aromatic rings. The van der Waals surface area contributed by atoms with Gasteiger partial charge in [-0.25, -0.2) is 0 Å². The monoisotopic (exact) mass is 211 g/mol. The lowest BCUT2D eigenvalue weighted by atomic mass is 10.4. The Morgan fingerprint density at radius 3 is 2.78 bits per heavy atom. The highest BCUT2D eigenvalue weighted by Crippen LogP contribution is 1.96. The number of hydrogen-bond acceptors (Lipinski definition) is 2. The summed E-state index contributed by atoms with van der Waals surface area (Å²) in [6.07, 6.45) is 1.76. The average Bonchev–Trinajstić information content (AvgIpc) is 1.87. The first-order valence-corrected chi connectivity index (χ1v) is 4.95. The molecule has 9 heavy (non-hydrogen) atoms. The Bertz CT molecular complexity index is 99.0. The Morgan fingerprint density at radius 1 is 1.89 bits per heavy atom. The van der Waals surface area contributed by atoms with Gasteiger partial charge < -0.3 is 5.32 Å². The van der Waals surface area contributed by atoms with Crippen LogP contribution >= 0.6 is 27.7 Å². The van der Waals surface area contributed by atoms with Crippen LogP contribution in [0, 0.1) is 0 Å². The number of amides is 1. The summed E-state index contributed by atoms with van der Waals surface area (Å²) in [6, 6.07) is 0.227. The van der Waals surface area contributed by atoms with Gasteiger partial charge in [-0.3, -0.25) is 4.79 Å². The highest BCUT2D eigenvalue weighted by Gasteiger charge is 2.01. The SMILES string of the molecule is CSC(=O)NC(C)CBr. The molecule has 0 heterocycles. The molecule has 1 amide bonds. The number of nitrogens with one attached hydrogen (secondary N) is 1. The summed E-state index contributed by atoms with van der Waals surface area (Å²) in [5.41, 5.74) is 0. The topological polar surface area (TPSA) is 29.1 Å². The molecule has 0 rings (SSSR count). The zero-order chi connectivity index (χ0) is 7.28. The molecule has 54 valence electrons. The molecule has 0 bridgehead atoms. The second kappa shape index (κ2) is 5.11. The molecule has 0 saturated heterocycles. The Balaban J connectivity index is 3.34. The van der Waals surface area contributed by atoms with Crippen LogP contribution in [-0.2, 0) is 0 Å². The van der Waals surface area contributed by atoms with Gasteiger partial charge >= 0.3 is 0 Å². The van der Waals surface area contributed by atoms with Crippen LogP contribution in [0.5, 0.6) is 0 Å². The van der Waals surface area contributed by atoms with Gasteiger partial charge in [0.1, 0.15) is 0 Å². The molecule has 0 spiro atoms. The van der Waals surface area contributed by atoms with Crippen LogP contribution in [0.2, 0.25) is 0 Å². The van der Waals surface area contributed by atoms with Gasteiger partial charge in [-0.1, -0.05) is 27.7 Å². The van der Waals surface area contributed by atoms with Crippen molar-refractivity contribution in [2.45, 2.75) is 13.0 Å². The van der Waals surface area contributed by atoms with Crippen LogP contribution in [0.3, 0.4) is 0 Å². The normalized spacial score (nSPS) is 12.8. The van der Waals surface area contributed by atoms with Crippen molar-refractivity contribution in [3.63, 3.8) is 0 Å². The van der Waals surface area contributed by atoms with E-state index in [0.29, 0.717) is 0 Å². The average molecular weight is 212 g/mol. The smallest absolute Gasteiger partial charge is 0.279 e. The molecule has 2 nitrogen and oxygen atoms in total. The number of rotatable bonds is 2. The van der Waals surface area contributed by atoms with Crippen LogP contribution in [0.15, 0.2) is 0 Å². The fourth-order valence-corrected chi connectivity index (χ4v) is 0.780. The molecule has 0 aromatic carbocycles. The van der Waals surface area contributed by atoms with Crippen molar-refractivity contribution >= 4 is 32.9 Å². The van der Waals surface area contributed by atoms with Crippen molar-refractivity contribution in [2.24, 2.45) is 0 Å². The molecular weight excluding hydrogens is 202 g/mol. The standard InChI is InChI=1S/C5H10BrNOS/c1-4(3-6)7-5(8)9-2/h4H,3H2,1-2H3,(H,7,8). The number of thioether (sulfide) groups is 1. The predicted molar refractivity (Wildman–Crippen MR) is 45.3 cm³/mol. The molecule has 0 radical (unpaired) electrons. The maximum atomic E-state index is 10.6. The quantitative estimate of drug-likeness (QED) is 0.707. The maximum Gasteiger partial charge on any atom is 0.279 e. The van der Waals surface area contributed by atoms with Gasteiger partial charge in [-0.05, 0) is 13.2 Å². The first-order valence-electron chi connectivity index (χ1n) is 2.61. The van der Waals surface area contributed by atoms with Gasteiger partial charge in [0.15, 0.2) is 0 Å². The van der Waals surface area contributed by atoms with Crippen molar-refractivity contribution in [2.75, 3.05) is 11.6 Å². The molecule has 1 atom stereocenters. The maximum absolute atomic E-state index is 10.6. The van der Waals surface area contributed by atoms with E-state index < -0.39 is 0 Å². The minimum atomic E-state index is 0.0296. The Morgan fingerprint density at radius 2 is 2.44 bits per heavy atom. The van der Waals surface area contributed by atoms with E-state index in [1.165, 1.54) is 11.8 Å². The molecule has 4 heteroatoms. The number of halogens is 1. The first kappa shape index (κ1) is 9.30. The zero-order valence-corrected chi connectivity index (χ0v) is 7.88. The number of carbonyl (C=O) groups excluding carboxylic acids is 1. The molecule has 1 unspecified atom stereocenters. The van der Waals surface area contributed by atoms with Gasteiger partial charge in [-0.15, -0.1) is 0 Å². The fraction of sp³-hybridized carbons (Fsp3) is 0.800. The molecule has 0 saturated carbocycles. The predicted octanol–water partition coefficient (Wildman–Crippen LogP) is 1.84. The van der Waals surface area contributed by atoms with Crippen LogP contribution < -0.4 is 5.32 Å². The Kier molecular flexibility index (Phi) is 5.28. The lowest BCUT2D eigenvalue weighted by Gasteiger charge is -2.07. The molecule has 0 aliphatic carbocycles. The second-order valence-corrected chi connectivity index (χ2v) is 3.12. The number of carbonyl (C=O) groups is 1. The summed E-state index contributed by atoms with van der Waals surface area (Å²) in [5, 5.41) is 3.59. The molecular formula is C5H10BrNOS. The van der Waals surface area contributed by atoms with E-state index >= 15 is 0 Å². The van der Waals surface area contributed by atoms with Crippen LogP contribution in [-0.4, -0.2) is 22.9 Å². The van der Waals surface area contributed by atoms with Gasteiger partial charge in [-0.2, -0.15) is 0 Å². The third-order valence-corrected chi connectivity index (χ3v) is 2.24. The first-order chi connectivity index (χ1) is 4.20. The van der Waals surface area contributed by atoms with Gasteiger partial charge in [0.25, 0.3) is 5.24 Å². The van der Waals surface area contributed by atoms with E-state index in [1.54, 1.807) is 6.26 Å². The summed E-state index contributed by atoms with van der Waals surface area (Å²) < 4.78 is 0. The lowest BCUT2D eigenvalue weighted by molar-refractivity contribution is 0.259. The van der Waals surface area contributed by atoms with Crippen molar-refractivity contribution in [1.82, 2.24) is 5.32 Å². The van der Waals surface area contributed by atoms with Gasteiger partial charge in [0.2, 0.25) is 0 Å². The van der Waals surface area contributed by atoms with E-state index in [-0.39, 0.29) is 11.3 Å². The van der Waals surface area contributed by atoms with E-state index in [9.17, 15) is 4.79 Å². The summed E-state index contributed by atoms with van der Waals surface area (Å²) in [4.78, 5) is 10.6. The Labute approximate surface area is 67.9 Å². The molecule has 1 N–H and O–H groups in total. The summed E-state index contributed by atoms with van der Waals surface area (Å²) in [6.45, 7) is 1.95. The largest absolute Gasteiger partial charge is 0.344 e.